The van der Waals surface area contributed by atoms with E-state index in [2.05, 4.69) is 226 Å². The number of aromatic nitrogens is 3. The summed E-state index contributed by atoms with van der Waals surface area (Å²) in [5.74, 6) is 0. The van der Waals surface area contributed by atoms with Gasteiger partial charge in [0.05, 0.1) is 22.1 Å². The van der Waals surface area contributed by atoms with Crippen LogP contribution in [0.2, 0.25) is 0 Å². The molecule has 0 aliphatic heterocycles. The third-order valence-corrected chi connectivity index (χ3v) is 11.2. The van der Waals surface area contributed by atoms with Crippen LogP contribution >= 0.6 is 0 Å². The van der Waals surface area contributed by atoms with Crippen molar-refractivity contribution in [3.05, 3.63) is 225 Å². The highest BCUT2D eigenvalue weighted by molar-refractivity contribution is 6.12. The van der Waals surface area contributed by atoms with Gasteiger partial charge in [-0.05, 0) is 115 Å². The molecule has 3 heterocycles. The average molecular weight is 756 g/mol. The summed E-state index contributed by atoms with van der Waals surface area (Å²) in [7, 11) is 0. The van der Waals surface area contributed by atoms with Gasteiger partial charge < -0.3 is 14.4 Å². The molecule has 0 fully saturated rings. The van der Waals surface area contributed by atoms with Crippen molar-refractivity contribution >= 4 is 77.7 Å². The molecule has 59 heavy (non-hydrogen) atoms. The van der Waals surface area contributed by atoms with Crippen LogP contribution in [0.5, 0.6) is 0 Å². The van der Waals surface area contributed by atoms with Gasteiger partial charge in [0.25, 0.3) is 0 Å². The summed E-state index contributed by atoms with van der Waals surface area (Å²) in [6.07, 6.45) is 3.79. The smallest absolute Gasteiger partial charge is 0.0964 e. The topological polar surface area (TPSA) is 37.2 Å². The van der Waals surface area contributed by atoms with E-state index in [0.29, 0.717) is 0 Å². The van der Waals surface area contributed by atoms with Crippen molar-refractivity contribution in [1.82, 2.24) is 14.5 Å². The zero-order chi connectivity index (χ0) is 39.1. The van der Waals surface area contributed by atoms with E-state index in [0.717, 1.165) is 83.8 Å². The molecule has 11 rings (SSSR count). The fourth-order valence-electron chi connectivity index (χ4n) is 8.46. The molecule has 0 N–H and O–H groups in total. The van der Waals surface area contributed by atoms with Gasteiger partial charge in [-0.15, -0.1) is 0 Å². The number of pyridine rings is 2. The zero-order valence-electron chi connectivity index (χ0n) is 32.1. The molecule has 8 aromatic carbocycles. The summed E-state index contributed by atoms with van der Waals surface area (Å²) in [6, 6.07) is 75.5. The van der Waals surface area contributed by atoms with Crippen LogP contribution in [0.4, 0.5) is 34.1 Å². The molecular formula is C54H37N5. The molecule has 5 heteroatoms. The second-order valence-corrected chi connectivity index (χ2v) is 14.7. The molecule has 0 bridgehead atoms. The van der Waals surface area contributed by atoms with Crippen molar-refractivity contribution in [2.45, 2.75) is 0 Å². The minimum atomic E-state index is 0.920. The summed E-state index contributed by atoms with van der Waals surface area (Å²) >= 11 is 0. The number of nitrogens with zero attached hydrogens (tertiary/aromatic N) is 5. The van der Waals surface area contributed by atoms with E-state index in [1.807, 2.05) is 18.5 Å². The Hall–Kier alpha value is -8.02. The molecule has 0 spiro atoms. The molecule has 0 saturated carbocycles. The van der Waals surface area contributed by atoms with Crippen LogP contribution in [0.25, 0.3) is 60.4 Å². The highest BCUT2D eigenvalue weighted by atomic mass is 15.1. The molecule has 0 atom stereocenters. The van der Waals surface area contributed by atoms with Gasteiger partial charge >= 0.3 is 0 Å². The first-order valence-corrected chi connectivity index (χ1v) is 19.9. The lowest BCUT2D eigenvalue weighted by molar-refractivity contribution is 1.18. The third kappa shape index (κ3) is 6.13. The normalized spacial score (nSPS) is 11.4. The Morgan fingerprint density at radius 3 is 1.32 bits per heavy atom. The molecule has 5 nitrogen and oxygen atoms in total. The van der Waals surface area contributed by atoms with Crippen LogP contribution in [0.3, 0.4) is 0 Å². The molecule has 0 amide bonds. The van der Waals surface area contributed by atoms with E-state index in [1.165, 1.54) is 10.8 Å². The Balaban J connectivity index is 1.09. The van der Waals surface area contributed by atoms with E-state index in [9.17, 15) is 0 Å². The van der Waals surface area contributed by atoms with E-state index >= 15 is 0 Å². The van der Waals surface area contributed by atoms with Crippen LogP contribution in [-0.4, -0.2) is 14.5 Å². The fourth-order valence-corrected chi connectivity index (χ4v) is 8.46. The molecule has 0 aliphatic rings. The highest BCUT2D eigenvalue weighted by Gasteiger charge is 2.20. The monoisotopic (exact) mass is 755 g/mol. The summed E-state index contributed by atoms with van der Waals surface area (Å²) in [5, 5.41) is 4.50. The zero-order valence-corrected chi connectivity index (χ0v) is 32.1. The van der Waals surface area contributed by atoms with Crippen molar-refractivity contribution in [3.8, 4) is 16.8 Å². The number of hydrogen-bond acceptors (Lipinski definition) is 4. The maximum atomic E-state index is 4.90. The number of hydrogen-bond donors (Lipinski definition) is 0. The maximum Gasteiger partial charge on any atom is 0.0964 e. The Morgan fingerprint density at radius 2 is 0.814 bits per heavy atom. The van der Waals surface area contributed by atoms with E-state index in [-0.39, 0.29) is 0 Å². The number of rotatable bonds is 8. The molecule has 3 aromatic heterocycles. The van der Waals surface area contributed by atoms with Gasteiger partial charge in [0.2, 0.25) is 0 Å². The van der Waals surface area contributed by atoms with Crippen molar-refractivity contribution in [1.29, 1.82) is 0 Å². The van der Waals surface area contributed by atoms with Gasteiger partial charge in [-0.25, -0.2) is 0 Å². The average Bonchev–Trinajstić information content (AvgIpc) is 3.63. The van der Waals surface area contributed by atoms with Gasteiger partial charge in [-0.2, -0.15) is 0 Å². The lowest BCUT2D eigenvalue weighted by Crippen LogP contribution is -2.09. The lowest BCUT2D eigenvalue weighted by atomic mass is 10.0. The van der Waals surface area contributed by atoms with Gasteiger partial charge in [0.15, 0.2) is 0 Å². The van der Waals surface area contributed by atoms with E-state index in [1.54, 1.807) is 0 Å². The molecule has 0 radical (unpaired) electrons. The first-order chi connectivity index (χ1) is 29.3. The Morgan fingerprint density at radius 1 is 0.339 bits per heavy atom. The van der Waals surface area contributed by atoms with E-state index in [4.69, 9.17) is 4.98 Å². The fraction of sp³-hybridized carbons (Fsp3) is 0. The predicted octanol–water partition coefficient (Wildman–Crippen LogP) is 14.5. The summed E-state index contributed by atoms with van der Waals surface area (Å²) in [5.41, 5.74) is 14.0. The third-order valence-electron chi connectivity index (χ3n) is 11.2. The number of anilines is 6. The van der Waals surface area contributed by atoms with E-state index < -0.39 is 0 Å². The molecule has 11 aromatic rings. The second-order valence-electron chi connectivity index (χ2n) is 14.7. The van der Waals surface area contributed by atoms with Gasteiger partial charge in [-0.1, -0.05) is 103 Å². The van der Waals surface area contributed by atoms with Gasteiger partial charge in [0, 0.05) is 79.3 Å². The first kappa shape index (κ1) is 34.2. The van der Waals surface area contributed by atoms with Crippen molar-refractivity contribution in [2.24, 2.45) is 0 Å². The largest absolute Gasteiger partial charge is 0.310 e. The quantitative estimate of drug-likeness (QED) is 0.145. The minimum absolute atomic E-state index is 0.920. The molecule has 0 aliphatic carbocycles. The van der Waals surface area contributed by atoms with Crippen LogP contribution < -0.4 is 9.80 Å². The van der Waals surface area contributed by atoms with Crippen molar-refractivity contribution in [3.63, 3.8) is 0 Å². The standard InChI is InChI=1S/C54H37N5/c1-5-15-42(16-6-1)57(43-17-7-2-8-18-43)47-29-31-51-49(35-47)50-36-48(58(44-19-9-3-10-20-44)45-21-11-4-12-22-45)30-32-52(50)59(51)46-27-25-38(26-28-46)41-34-40-24-23-39-14-13-33-55-53(39)54(40)56-37-41/h1-37H. The van der Waals surface area contributed by atoms with Gasteiger partial charge in [-0.3, -0.25) is 9.97 Å². The first-order valence-electron chi connectivity index (χ1n) is 19.9. The van der Waals surface area contributed by atoms with Crippen molar-refractivity contribution < 1.29 is 0 Å². The number of para-hydroxylation sites is 4. The van der Waals surface area contributed by atoms with Crippen LogP contribution in [0, 0.1) is 0 Å². The van der Waals surface area contributed by atoms with Gasteiger partial charge in [0.1, 0.15) is 0 Å². The molecule has 0 unspecified atom stereocenters. The maximum absolute atomic E-state index is 4.90. The summed E-state index contributed by atoms with van der Waals surface area (Å²) in [6.45, 7) is 0. The summed E-state index contributed by atoms with van der Waals surface area (Å²) in [4.78, 5) is 14.2. The lowest BCUT2D eigenvalue weighted by Gasteiger charge is -2.26. The predicted molar refractivity (Wildman–Crippen MR) is 246 cm³/mol. The number of benzene rings is 8. The molecule has 0 saturated heterocycles. The second kappa shape index (κ2) is 14.5. The van der Waals surface area contributed by atoms with Crippen LogP contribution in [-0.2, 0) is 0 Å². The Labute approximate surface area is 342 Å². The van der Waals surface area contributed by atoms with Crippen molar-refractivity contribution in [2.75, 3.05) is 9.80 Å². The minimum Gasteiger partial charge on any atom is -0.310 e. The molecule has 278 valence electrons. The van der Waals surface area contributed by atoms with Crippen LogP contribution in [0.1, 0.15) is 0 Å². The SMILES string of the molecule is c1ccc(N(c2ccccc2)c2ccc3c(c2)c2cc(N(c4ccccc4)c4ccccc4)ccc2n3-c2ccc(-c3cnc4c(ccc5cccnc54)c3)cc2)cc1. The van der Waals surface area contributed by atoms with Crippen LogP contribution in [0.15, 0.2) is 225 Å². The summed E-state index contributed by atoms with van der Waals surface area (Å²) < 4.78 is 2.39. The highest BCUT2D eigenvalue weighted by Crippen LogP contribution is 2.43. The Kier molecular flexibility index (Phi) is 8.41. The Bertz CT molecular complexity index is 3040. The molecular weight excluding hydrogens is 719 g/mol. The number of fused-ring (bicyclic) bond motifs is 6.